The molecule has 16 heavy (non-hydrogen) atoms. The lowest BCUT2D eigenvalue weighted by molar-refractivity contribution is 0.892. The maximum absolute atomic E-state index is 3.15. The van der Waals surface area contributed by atoms with E-state index in [1.165, 1.54) is 19.3 Å². The van der Waals surface area contributed by atoms with E-state index in [0.29, 0.717) is 0 Å². The van der Waals surface area contributed by atoms with Gasteiger partial charge in [0, 0.05) is 0 Å². The predicted octanol–water partition coefficient (Wildman–Crippen LogP) is 5.58. The van der Waals surface area contributed by atoms with Crippen molar-refractivity contribution in [3.63, 3.8) is 0 Å². The van der Waals surface area contributed by atoms with Crippen LogP contribution in [0.15, 0.2) is 41.7 Å². The molecule has 0 fully saturated rings. The first-order valence-electron chi connectivity index (χ1n) is 6.57. The number of hydrogen-bond donors (Lipinski definition) is 0. The first kappa shape index (κ1) is 15.0. The third-order valence-electron chi connectivity index (χ3n) is 2.44. The molecule has 0 saturated heterocycles. The second kappa shape index (κ2) is 12.1. The monoisotopic (exact) mass is 218 g/mol. The largest absolute Gasteiger partial charge is 0.129 e. The van der Waals surface area contributed by atoms with Gasteiger partial charge in [-0.2, -0.15) is 0 Å². The Bertz CT molecular complexity index is 260. The molecule has 0 aromatic carbocycles. The van der Waals surface area contributed by atoms with Crippen molar-refractivity contribution in [2.75, 3.05) is 0 Å². The van der Waals surface area contributed by atoms with E-state index in [1.54, 1.807) is 5.57 Å². The van der Waals surface area contributed by atoms with Gasteiger partial charge in [-0.15, -0.1) is 5.73 Å². The molecule has 0 spiro atoms. The summed E-state index contributed by atoms with van der Waals surface area (Å²) in [6.07, 6.45) is 17.8. The predicted molar refractivity (Wildman–Crippen MR) is 74.6 cm³/mol. The summed E-state index contributed by atoms with van der Waals surface area (Å²) in [6.45, 7) is 6.57. The van der Waals surface area contributed by atoms with E-state index in [1.807, 2.05) is 0 Å². The molecule has 0 bridgehead atoms. The van der Waals surface area contributed by atoms with Crippen LogP contribution in [-0.2, 0) is 0 Å². The number of allylic oxidation sites excluding steroid dienone is 5. The molecule has 0 saturated carbocycles. The summed E-state index contributed by atoms with van der Waals surface area (Å²) in [4.78, 5) is 0. The van der Waals surface area contributed by atoms with Gasteiger partial charge in [0.25, 0.3) is 0 Å². The molecule has 0 radical (unpaired) electrons. The lowest BCUT2D eigenvalue weighted by atomic mass is 10.1. The minimum absolute atomic E-state index is 1.01. The van der Waals surface area contributed by atoms with E-state index >= 15 is 0 Å². The smallest absolute Gasteiger partial charge is 0.00930 e. The van der Waals surface area contributed by atoms with Crippen LogP contribution in [0.1, 0.15) is 59.3 Å². The summed E-state index contributed by atoms with van der Waals surface area (Å²) in [5.74, 6) is 0. The van der Waals surface area contributed by atoms with Gasteiger partial charge >= 0.3 is 0 Å². The summed E-state index contributed by atoms with van der Waals surface area (Å²) in [5.41, 5.74) is 4.74. The molecule has 0 nitrogen and oxygen atoms in total. The van der Waals surface area contributed by atoms with Crippen LogP contribution in [0, 0.1) is 0 Å². The summed E-state index contributed by atoms with van der Waals surface area (Å²) >= 11 is 0. The fourth-order valence-electron chi connectivity index (χ4n) is 1.53. The van der Waals surface area contributed by atoms with Gasteiger partial charge in [0.05, 0.1) is 0 Å². The Morgan fingerprint density at radius 3 is 2.44 bits per heavy atom. The van der Waals surface area contributed by atoms with Crippen molar-refractivity contribution in [1.82, 2.24) is 0 Å². The number of rotatable bonds is 8. The first-order chi connectivity index (χ1) is 7.85. The Morgan fingerprint density at radius 2 is 1.81 bits per heavy atom. The molecule has 90 valence electrons. The van der Waals surface area contributed by atoms with Crippen LogP contribution < -0.4 is 0 Å². The fraction of sp³-hybridized carbons (Fsp3) is 0.562. The van der Waals surface area contributed by atoms with Crippen molar-refractivity contribution in [2.45, 2.75) is 59.3 Å². The highest BCUT2D eigenvalue weighted by Gasteiger charge is 1.90. The highest BCUT2D eigenvalue weighted by Crippen LogP contribution is 2.10. The lowest BCUT2D eigenvalue weighted by Crippen LogP contribution is -1.80. The summed E-state index contributed by atoms with van der Waals surface area (Å²) in [5, 5.41) is 0. The number of hydrogen-bond acceptors (Lipinski definition) is 0. The van der Waals surface area contributed by atoms with Crippen LogP contribution in [0.2, 0.25) is 0 Å². The Balaban J connectivity index is 3.68. The van der Waals surface area contributed by atoms with Gasteiger partial charge in [0.15, 0.2) is 0 Å². The normalized spacial score (nSPS) is 11.6. The first-order valence-corrected chi connectivity index (χ1v) is 6.57. The van der Waals surface area contributed by atoms with Crippen LogP contribution in [0.5, 0.6) is 0 Å². The van der Waals surface area contributed by atoms with Crippen molar-refractivity contribution in [3.05, 3.63) is 41.7 Å². The minimum atomic E-state index is 1.01. The van der Waals surface area contributed by atoms with Gasteiger partial charge in [-0.1, -0.05) is 44.6 Å². The van der Waals surface area contributed by atoms with E-state index in [2.05, 4.69) is 56.9 Å². The SMILES string of the molecule is CCC=C=CCC=CCCC(=CCC)CC. The Morgan fingerprint density at radius 1 is 1.00 bits per heavy atom. The lowest BCUT2D eigenvalue weighted by Gasteiger charge is -2.00. The summed E-state index contributed by atoms with van der Waals surface area (Å²) < 4.78 is 0. The van der Waals surface area contributed by atoms with E-state index in [0.717, 1.165) is 19.3 Å². The van der Waals surface area contributed by atoms with Crippen molar-refractivity contribution < 1.29 is 0 Å². The van der Waals surface area contributed by atoms with E-state index in [-0.39, 0.29) is 0 Å². The second-order valence-electron chi connectivity index (χ2n) is 3.85. The minimum Gasteiger partial charge on any atom is -0.129 e. The molecule has 0 rings (SSSR count). The highest BCUT2D eigenvalue weighted by molar-refractivity contribution is 5.03. The zero-order valence-corrected chi connectivity index (χ0v) is 11.1. The maximum atomic E-state index is 3.15. The molecule has 0 N–H and O–H groups in total. The van der Waals surface area contributed by atoms with Crippen molar-refractivity contribution in [1.29, 1.82) is 0 Å². The molecule has 0 aliphatic rings. The highest BCUT2D eigenvalue weighted by atomic mass is 14.0. The average molecular weight is 218 g/mol. The topological polar surface area (TPSA) is 0 Å². The molecule has 0 aliphatic heterocycles. The van der Waals surface area contributed by atoms with Crippen molar-refractivity contribution in [2.24, 2.45) is 0 Å². The molecular formula is C16H26. The molecule has 0 aromatic heterocycles. The van der Waals surface area contributed by atoms with Crippen LogP contribution in [-0.4, -0.2) is 0 Å². The Hall–Kier alpha value is -1.00. The Labute approximate surface area is 101 Å². The molecule has 0 heterocycles. The van der Waals surface area contributed by atoms with Gasteiger partial charge in [0.1, 0.15) is 0 Å². The molecule has 0 heteroatoms. The third-order valence-corrected chi connectivity index (χ3v) is 2.44. The van der Waals surface area contributed by atoms with Gasteiger partial charge in [-0.25, -0.2) is 0 Å². The third kappa shape index (κ3) is 9.55. The standard InChI is InChI=1S/C16H26/c1-4-7-8-9-10-11-12-13-15-16(6-3)14-5-2/h7,9,11-12,14H,4-6,10,13,15H2,1-3H3. The van der Waals surface area contributed by atoms with Gasteiger partial charge < -0.3 is 0 Å². The van der Waals surface area contributed by atoms with Crippen LogP contribution in [0.4, 0.5) is 0 Å². The quantitative estimate of drug-likeness (QED) is 0.368. The van der Waals surface area contributed by atoms with Gasteiger partial charge in [-0.3, -0.25) is 0 Å². The van der Waals surface area contributed by atoms with E-state index in [4.69, 9.17) is 0 Å². The van der Waals surface area contributed by atoms with Gasteiger partial charge in [0.2, 0.25) is 0 Å². The van der Waals surface area contributed by atoms with Crippen LogP contribution in [0.25, 0.3) is 0 Å². The van der Waals surface area contributed by atoms with Crippen LogP contribution >= 0.6 is 0 Å². The molecule has 0 unspecified atom stereocenters. The van der Waals surface area contributed by atoms with E-state index < -0.39 is 0 Å². The molecule has 0 aliphatic carbocycles. The fourth-order valence-corrected chi connectivity index (χ4v) is 1.53. The van der Waals surface area contributed by atoms with E-state index in [9.17, 15) is 0 Å². The second-order valence-corrected chi connectivity index (χ2v) is 3.85. The summed E-state index contributed by atoms with van der Waals surface area (Å²) in [7, 11) is 0. The Kier molecular flexibility index (Phi) is 11.3. The van der Waals surface area contributed by atoms with Crippen molar-refractivity contribution >= 4 is 0 Å². The summed E-state index contributed by atoms with van der Waals surface area (Å²) in [6, 6.07) is 0. The van der Waals surface area contributed by atoms with Crippen molar-refractivity contribution in [3.8, 4) is 0 Å². The molecule has 0 amide bonds. The zero-order valence-electron chi connectivity index (χ0n) is 11.1. The van der Waals surface area contributed by atoms with Gasteiger partial charge in [-0.05, 0) is 50.7 Å². The average Bonchev–Trinajstić information content (AvgIpc) is 2.31. The molecule has 0 atom stereocenters. The molecule has 0 aromatic rings. The maximum Gasteiger partial charge on any atom is -0.00930 e. The molecular weight excluding hydrogens is 192 g/mol. The zero-order chi connectivity index (χ0) is 12.1. The van der Waals surface area contributed by atoms with Crippen LogP contribution in [0.3, 0.4) is 0 Å².